The lowest BCUT2D eigenvalue weighted by Crippen LogP contribution is -2.37. The van der Waals surface area contributed by atoms with E-state index in [1.807, 2.05) is 0 Å². The molecule has 1 saturated carbocycles. The van der Waals surface area contributed by atoms with Gasteiger partial charge in [-0.3, -0.25) is 14.3 Å². The molecule has 0 aromatic carbocycles. The molecule has 116 valence electrons. The molecule has 1 aliphatic carbocycles. The third kappa shape index (κ3) is 4.04. The summed E-state index contributed by atoms with van der Waals surface area (Å²) in [6.07, 6.45) is 5.61. The van der Waals surface area contributed by atoms with Crippen LogP contribution < -0.4 is 16.4 Å². The van der Waals surface area contributed by atoms with Crippen LogP contribution in [0.5, 0.6) is 0 Å². The van der Waals surface area contributed by atoms with Crippen LogP contribution in [0, 0.1) is 0 Å². The van der Waals surface area contributed by atoms with Gasteiger partial charge in [0.25, 0.3) is 5.91 Å². The number of hydrogen-bond acceptors (Lipinski definition) is 4. The lowest BCUT2D eigenvalue weighted by Gasteiger charge is -2.22. The Balaban J connectivity index is 2.00. The van der Waals surface area contributed by atoms with Gasteiger partial charge < -0.3 is 16.4 Å². The molecule has 0 aliphatic heterocycles. The zero-order chi connectivity index (χ0) is 15.4. The van der Waals surface area contributed by atoms with Gasteiger partial charge in [-0.25, -0.2) is 0 Å². The number of carbonyl (C=O) groups is 2. The molecular weight excluding hydrogens is 270 g/mol. The summed E-state index contributed by atoms with van der Waals surface area (Å²) in [5.74, 6) is -0.140. The molecule has 1 fully saturated rings. The highest BCUT2D eigenvalue weighted by atomic mass is 16.2. The predicted octanol–water partition coefficient (Wildman–Crippen LogP) is 0.768. The quantitative estimate of drug-likeness (QED) is 0.763. The van der Waals surface area contributed by atoms with E-state index in [1.54, 1.807) is 20.0 Å². The zero-order valence-corrected chi connectivity index (χ0v) is 12.6. The summed E-state index contributed by atoms with van der Waals surface area (Å²) in [7, 11) is 1.68. The van der Waals surface area contributed by atoms with E-state index in [4.69, 9.17) is 5.73 Å². The van der Waals surface area contributed by atoms with E-state index >= 15 is 0 Å². The van der Waals surface area contributed by atoms with Crippen molar-refractivity contribution in [3.63, 3.8) is 0 Å². The number of aromatic nitrogens is 2. The number of nitrogens with two attached hydrogens (primary N) is 1. The fourth-order valence-electron chi connectivity index (χ4n) is 2.49. The fourth-order valence-corrected chi connectivity index (χ4v) is 2.49. The molecule has 7 nitrogen and oxygen atoms in total. The van der Waals surface area contributed by atoms with E-state index in [-0.39, 0.29) is 17.9 Å². The summed E-state index contributed by atoms with van der Waals surface area (Å²) in [6.45, 7) is 1.59. The van der Waals surface area contributed by atoms with Crippen LogP contribution in [0.1, 0.15) is 49.5 Å². The average molecular weight is 293 g/mol. The highest BCUT2D eigenvalue weighted by Crippen LogP contribution is 2.18. The first-order chi connectivity index (χ1) is 9.97. The topological polar surface area (TPSA) is 102 Å². The number of nitrogens with zero attached hydrogens (tertiary/aromatic N) is 2. The second-order valence-electron chi connectivity index (χ2n) is 5.62. The minimum atomic E-state index is -0.619. The molecule has 1 unspecified atom stereocenters. The van der Waals surface area contributed by atoms with Crippen LogP contribution in [-0.4, -0.2) is 33.7 Å². The van der Waals surface area contributed by atoms with Gasteiger partial charge >= 0.3 is 0 Å². The van der Waals surface area contributed by atoms with Crippen molar-refractivity contribution < 1.29 is 9.59 Å². The summed E-state index contributed by atoms with van der Waals surface area (Å²) in [6, 6.07) is 1.19. The minimum Gasteiger partial charge on any atom is -0.348 e. The summed E-state index contributed by atoms with van der Waals surface area (Å²) in [5, 5.41) is 9.73. The van der Waals surface area contributed by atoms with Crippen LogP contribution in [0.2, 0.25) is 0 Å². The molecule has 1 aliphatic rings. The molecule has 1 atom stereocenters. The van der Waals surface area contributed by atoms with Crippen LogP contribution in [-0.2, 0) is 11.8 Å². The Morgan fingerprint density at radius 3 is 2.67 bits per heavy atom. The van der Waals surface area contributed by atoms with Crippen molar-refractivity contribution in [1.29, 1.82) is 0 Å². The maximum Gasteiger partial charge on any atom is 0.269 e. The molecule has 1 heterocycles. The maximum absolute atomic E-state index is 12.3. The summed E-state index contributed by atoms with van der Waals surface area (Å²) in [4.78, 5) is 23.8. The van der Waals surface area contributed by atoms with Gasteiger partial charge in [0.15, 0.2) is 5.82 Å². The summed E-state index contributed by atoms with van der Waals surface area (Å²) < 4.78 is 1.47. The lowest BCUT2D eigenvalue weighted by molar-refractivity contribution is -0.117. The first-order valence-electron chi connectivity index (χ1n) is 7.38. The van der Waals surface area contributed by atoms with E-state index in [2.05, 4.69) is 15.7 Å². The lowest BCUT2D eigenvalue weighted by atomic mass is 9.95. The second-order valence-corrected chi connectivity index (χ2v) is 5.62. The molecule has 4 N–H and O–H groups in total. The normalized spacial score (nSPS) is 17.3. The van der Waals surface area contributed by atoms with Gasteiger partial charge in [-0.15, -0.1) is 0 Å². The monoisotopic (exact) mass is 293 g/mol. The van der Waals surface area contributed by atoms with E-state index in [0.717, 1.165) is 25.7 Å². The molecule has 7 heteroatoms. The Bertz CT molecular complexity index is 517. The van der Waals surface area contributed by atoms with E-state index in [0.29, 0.717) is 11.5 Å². The third-order valence-corrected chi connectivity index (χ3v) is 3.72. The summed E-state index contributed by atoms with van der Waals surface area (Å²) in [5.41, 5.74) is 5.92. The Morgan fingerprint density at radius 2 is 2.05 bits per heavy atom. The second kappa shape index (κ2) is 6.71. The smallest absolute Gasteiger partial charge is 0.269 e. The molecule has 2 amide bonds. The largest absolute Gasteiger partial charge is 0.348 e. The number of anilines is 1. The first kappa shape index (κ1) is 15.5. The zero-order valence-electron chi connectivity index (χ0n) is 12.6. The molecule has 21 heavy (non-hydrogen) atoms. The Hall–Kier alpha value is -1.89. The van der Waals surface area contributed by atoms with Gasteiger partial charge in [0.2, 0.25) is 5.91 Å². The molecule has 0 bridgehead atoms. The van der Waals surface area contributed by atoms with Gasteiger partial charge in [0, 0.05) is 19.2 Å². The average Bonchev–Trinajstić information content (AvgIpc) is 2.80. The molecule has 0 saturated heterocycles. The Labute approximate surface area is 124 Å². The van der Waals surface area contributed by atoms with Gasteiger partial charge in [-0.05, 0) is 19.8 Å². The number of aryl methyl sites for hydroxylation is 1. The molecule has 0 radical (unpaired) electrons. The number of nitrogens with one attached hydrogen (secondary N) is 2. The molecule has 2 rings (SSSR count). The SMILES string of the molecule is CC(N)C(=O)Nc1cc(C(=O)NC2CCCCC2)n(C)n1. The minimum absolute atomic E-state index is 0.154. The number of carbonyl (C=O) groups excluding carboxylic acids is 2. The highest BCUT2D eigenvalue weighted by molar-refractivity contribution is 5.97. The van der Waals surface area contributed by atoms with Crippen molar-refractivity contribution in [3.8, 4) is 0 Å². The van der Waals surface area contributed by atoms with E-state index < -0.39 is 6.04 Å². The van der Waals surface area contributed by atoms with Crippen molar-refractivity contribution in [3.05, 3.63) is 11.8 Å². The van der Waals surface area contributed by atoms with Crippen LogP contribution in [0.15, 0.2) is 6.07 Å². The van der Waals surface area contributed by atoms with Crippen LogP contribution >= 0.6 is 0 Å². The van der Waals surface area contributed by atoms with Crippen molar-refractivity contribution >= 4 is 17.6 Å². The maximum atomic E-state index is 12.3. The summed E-state index contributed by atoms with van der Waals surface area (Å²) >= 11 is 0. The standard InChI is InChI=1S/C14H23N5O2/c1-9(15)13(20)17-12-8-11(19(2)18-12)14(21)16-10-6-4-3-5-7-10/h8-10H,3-7,15H2,1-2H3,(H,16,21)(H,17,18,20). The molecule has 1 aromatic rings. The van der Waals surface area contributed by atoms with Crippen molar-refractivity contribution in [2.24, 2.45) is 12.8 Å². The van der Waals surface area contributed by atoms with Crippen LogP contribution in [0.4, 0.5) is 5.82 Å². The fraction of sp³-hybridized carbons (Fsp3) is 0.643. The predicted molar refractivity (Wildman–Crippen MR) is 79.8 cm³/mol. The van der Waals surface area contributed by atoms with E-state index in [1.165, 1.54) is 11.1 Å². The van der Waals surface area contributed by atoms with E-state index in [9.17, 15) is 9.59 Å². The van der Waals surface area contributed by atoms with Crippen molar-refractivity contribution in [2.45, 2.75) is 51.1 Å². The van der Waals surface area contributed by atoms with Gasteiger partial charge in [-0.1, -0.05) is 19.3 Å². The van der Waals surface area contributed by atoms with Crippen LogP contribution in [0.25, 0.3) is 0 Å². The number of amides is 2. The Morgan fingerprint density at radius 1 is 1.38 bits per heavy atom. The third-order valence-electron chi connectivity index (χ3n) is 3.72. The number of hydrogen-bond donors (Lipinski definition) is 3. The van der Waals surface area contributed by atoms with Crippen molar-refractivity contribution in [2.75, 3.05) is 5.32 Å². The first-order valence-corrected chi connectivity index (χ1v) is 7.38. The Kier molecular flexibility index (Phi) is 4.95. The molecular formula is C14H23N5O2. The number of rotatable bonds is 4. The van der Waals surface area contributed by atoms with Crippen LogP contribution in [0.3, 0.4) is 0 Å². The van der Waals surface area contributed by atoms with Crippen molar-refractivity contribution in [1.82, 2.24) is 15.1 Å². The van der Waals surface area contributed by atoms with Gasteiger partial charge in [0.1, 0.15) is 5.69 Å². The molecule has 1 aromatic heterocycles. The molecule has 0 spiro atoms. The van der Waals surface area contributed by atoms with Gasteiger partial charge in [0.05, 0.1) is 6.04 Å². The highest BCUT2D eigenvalue weighted by Gasteiger charge is 2.20. The van der Waals surface area contributed by atoms with Gasteiger partial charge in [-0.2, -0.15) is 5.10 Å².